The first-order chi connectivity index (χ1) is 13.5. The first kappa shape index (κ1) is 18.6. The Kier molecular flexibility index (Phi) is 5.15. The molecule has 148 valence electrons. The predicted octanol–water partition coefficient (Wildman–Crippen LogP) is 1.64. The molecule has 2 N–H and O–H groups in total. The average Bonchev–Trinajstić information content (AvgIpc) is 3.26. The van der Waals surface area contributed by atoms with Gasteiger partial charge in [-0.25, -0.2) is 0 Å². The van der Waals surface area contributed by atoms with Crippen molar-refractivity contribution in [1.82, 2.24) is 30.0 Å². The Morgan fingerprint density at radius 1 is 1.25 bits per heavy atom. The van der Waals surface area contributed by atoms with Crippen LogP contribution in [0.25, 0.3) is 22.4 Å². The molecular formula is C20H26N6O2. The van der Waals surface area contributed by atoms with E-state index in [4.69, 9.17) is 4.74 Å². The fourth-order valence-corrected chi connectivity index (χ4v) is 3.65. The van der Waals surface area contributed by atoms with Gasteiger partial charge < -0.3 is 15.0 Å². The van der Waals surface area contributed by atoms with E-state index in [1.54, 1.807) is 4.68 Å². The summed E-state index contributed by atoms with van der Waals surface area (Å²) in [6.07, 6.45) is 0. The fourth-order valence-electron chi connectivity index (χ4n) is 3.65. The molecule has 0 aromatic carbocycles. The number of fused-ring (bicyclic) bond motifs is 1. The van der Waals surface area contributed by atoms with Crippen LogP contribution >= 0.6 is 0 Å². The summed E-state index contributed by atoms with van der Waals surface area (Å²) in [4.78, 5) is 22.8. The molecule has 3 aromatic rings. The number of hydrogen-bond donors (Lipinski definition) is 2. The SMILES string of the molecule is Cc1cc(C)c2[nH]c(-c3cc(C(=O)NCCN4CCOCC4)nn3C)cc2n1. The number of carbonyl (C=O) groups excluding carboxylic acids is 1. The maximum atomic E-state index is 12.5. The zero-order valence-corrected chi connectivity index (χ0v) is 16.6. The van der Waals surface area contributed by atoms with Gasteiger partial charge in [-0.2, -0.15) is 5.10 Å². The number of morpholine rings is 1. The largest absolute Gasteiger partial charge is 0.379 e. The number of aromatic amines is 1. The van der Waals surface area contributed by atoms with Gasteiger partial charge in [0.05, 0.1) is 35.6 Å². The number of nitrogens with zero attached hydrogens (tertiary/aromatic N) is 4. The van der Waals surface area contributed by atoms with Gasteiger partial charge in [-0.3, -0.25) is 19.4 Å². The van der Waals surface area contributed by atoms with Crippen LogP contribution in [0.5, 0.6) is 0 Å². The lowest BCUT2D eigenvalue weighted by molar-refractivity contribution is 0.0383. The summed E-state index contributed by atoms with van der Waals surface area (Å²) >= 11 is 0. The first-order valence-electron chi connectivity index (χ1n) is 9.61. The van der Waals surface area contributed by atoms with Gasteiger partial charge in [0.15, 0.2) is 5.69 Å². The Hall–Kier alpha value is -2.71. The summed E-state index contributed by atoms with van der Waals surface area (Å²) < 4.78 is 7.07. The molecule has 3 aromatic heterocycles. The number of nitrogens with one attached hydrogen (secondary N) is 2. The van der Waals surface area contributed by atoms with E-state index in [1.165, 1.54) is 0 Å². The van der Waals surface area contributed by atoms with Gasteiger partial charge in [-0.1, -0.05) is 0 Å². The molecule has 1 fully saturated rings. The van der Waals surface area contributed by atoms with E-state index in [-0.39, 0.29) is 5.91 Å². The third-order valence-corrected chi connectivity index (χ3v) is 5.12. The number of H-pyrrole nitrogens is 1. The van der Waals surface area contributed by atoms with E-state index in [0.29, 0.717) is 12.2 Å². The zero-order chi connectivity index (χ0) is 19.7. The highest BCUT2D eigenvalue weighted by atomic mass is 16.5. The summed E-state index contributed by atoms with van der Waals surface area (Å²) in [6.45, 7) is 8.82. The van der Waals surface area contributed by atoms with E-state index in [0.717, 1.165) is 66.5 Å². The minimum Gasteiger partial charge on any atom is -0.379 e. The lowest BCUT2D eigenvalue weighted by atomic mass is 10.2. The van der Waals surface area contributed by atoms with Gasteiger partial charge in [-0.15, -0.1) is 0 Å². The minimum atomic E-state index is -0.156. The molecule has 8 heteroatoms. The van der Waals surface area contributed by atoms with Gasteiger partial charge in [-0.05, 0) is 37.6 Å². The van der Waals surface area contributed by atoms with Crippen LogP contribution in [-0.4, -0.2) is 69.9 Å². The van der Waals surface area contributed by atoms with Crippen LogP contribution in [-0.2, 0) is 11.8 Å². The number of hydrogen-bond acceptors (Lipinski definition) is 5. The quantitative estimate of drug-likeness (QED) is 0.700. The van der Waals surface area contributed by atoms with Crippen molar-refractivity contribution >= 4 is 16.9 Å². The van der Waals surface area contributed by atoms with Crippen LogP contribution in [0.2, 0.25) is 0 Å². The summed E-state index contributed by atoms with van der Waals surface area (Å²) in [5.74, 6) is -0.156. The third-order valence-electron chi connectivity index (χ3n) is 5.12. The molecule has 0 unspecified atom stereocenters. The highest BCUT2D eigenvalue weighted by molar-refractivity contribution is 5.94. The summed E-state index contributed by atoms with van der Waals surface area (Å²) in [6, 6.07) is 5.88. The van der Waals surface area contributed by atoms with Crippen LogP contribution in [0.15, 0.2) is 18.2 Å². The number of rotatable bonds is 5. The molecule has 0 radical (unpaired) electrons. The van der Waals surface area contributed by atoms with Crippen LogP contribution in [0, 0.1) is 13.8 Å². The Balaban J connectivity index is 1.47. The van der Waals surface area contributed by atoms with Crippen molar-refractivity contribution in [2.45, 2.75) is 13.8 Å². The molecule has 8 nitrogen and oxygen atoms in total. The maximum absolute atomic E-state index is 12.5. The van der Waals surface area contributed by atoms with Crippen LogP contribution in [0.4, 0.5) is 0 Å². The molecule has 0 bridgehead atoms. The van der Waals surface area contributed by atoms with Gasteiger partial charge in [0.1, 0.15) is 0 Å². The minimum absolute atomic E-state index is 0.156. The summed E-state index contributed by atoms with van der Waals surface area (Å²) in [5.41, 5.74) is 6.24. The molecule has 0 spiro atoms. The van der Waals surface area contributed by atoms with Crippen molar-refractivity contribution in [3.63, 3.8) is 0 Å². The number of amides is 1. The molecule has 0 aliphatic carbocycles. The van der Waals surface area contributed by atoms with Crippen LogP contribution in [0.1, 0.15) is 21.7 Å². The monoisotopic (exact) mass is 382 g/mol. The molecule has 1 aliphatic heterocycles. The number of aromatic nitrogens is 4. The van der Waals surface area contributed by atoms with Crippen molar-refractivity contribution in [3.05, 3.63) is 35.2 Å². The average molecular weight is 382 g/mol. The second kappa shape index (κ2) is 7.73. The Labute approximate surface area is 163 Å². The molecule has 0 atom stereocenters. The Morgan fingerprint density at radius 3 is 2.82 bits per heavy atom. The van der Waals surface area contributed by atoms with Gasteiger partial charge in [0, 0.05) is 38.9 Å². The van der Waals surface area contributed by atoms with Crippen molar-refractivity contribution in [2.24, 2.45) is 7.05 Å². The predicted molar refractivity (Wildman–Crippen MR) is 107 cm³/mol. The Bertz CT molecular complexity index is 1000. The van der Waals surface area contributed by atoms with Gasteiger partial charge >= 0.3 is 0 Å². The number of carbonyl (C=O) groups is 1. The second-order valence-electron chi connectivity index (χ2n) is 7.27. The molecule has 1 aliphatic rings. The van der Waals surface area contributed by atoms with Crippen LogP contribution in [0.3, 0.4) is 0 Å². The zero-order valence-electron chi connectivity index (χ0n) is 16.6. The van der Waals surface area contributed by atoms with E-state index < -0.39 is 0 Å². The smallest absolute Gasteiger partial charge is 0.271 e. The highest BCUT2D eigenvalue weighted by Gasteiger charge is 2.17. The molecule has 1 amide bonds. The fraction of sp³-hybridized carbons (Fsp3) is 0.450. The molecule has 4 rings (SSSR count). The molecule has 1 saturated heterocycles. The van der Waals surface area contributed by atoms with Crippen molar-refractivity contribution in [2.75, 3.05) is 39.4 Å². The topological polar surface area (TPSA) is 88.1 Å². The molecule has 4 heterocycles. The lowest BCUT2D eigenvalue weighted by Crippen LogP contribution is -2.41. The molecular weight excluding hydrogens is 356 g/mol. The van der Waals surface area contributed by atoms with Crippen molar-refractivity contribution < 1.29 is 9.53 Å². The maximum Gasteiger partial charge on any atom is 0.271 e. The van der Waals surface area contributed by atoms with E-state index >= 15 is 0 Å². The lowest BCUT2D eigenvalue weighted by Gasteiger charge is -2.26. The van der Waals surface area contributed by atoms with Gasteiger partial charge in [0.25, 0.3) is 5.91 Å². The summed E-state index contributed by atoms with van der Waals surface area (Å²) in [5, 5.41) is 7.35. The van der Waals surface area contributed by atoms with E-state index in [9.17, 15) is 4.79 Å². The van der Waals surface area contributed by atoms with Crippen LogP contribution < -0.4 is 5.32 Å². The Morgan fingerprint density at radius 2 is 2.04 bits per heavy atom. The first-order valence-corrected chi connectivity index (χ1v) is 9.61. The normalized spacial score (nSPS) is 15.2. The number of aryl methyl sites for hydroxylation is 3. The third kappa shape index (κ3) is 3.79. The van der Waals surface area contributed by atoms with Crippen molar-refractivity contribution in [1.29, 1.82) is 0 Å². The standard InChI is InChI=1S/C20H26N6O2/c1-13-10-14(2)22-16-11-15(23-19(13)16)18-12-17(24-25(18)3)20(27)21-4-5-26-6-8-28-9-7-26/h10-12,23H,4-9H2,1-3H3,(H,21,27). The number of ether oxygens (including phenoxy) is 1. The van der Waals surface area contributed by atoms with E-state index in [1.807, 2.05) is 26.1 Å². The number of pyridine rings is 1. The second-order valence-corrected chi connectivity index (χ2v) is 7.27. The van der Waals surface area contributed by atoms with Crippen molar-refractivity contribution in [3.8, 4) is 11.4 Å². The molecule has 28 heavy (non-hydrogen) atoms. The van der Waals surface area contributed by atoms with Gasteiger partial charge in [0.2, 0.25) is 0 Å². The molecule has 0 saturated carbocycles. The van der Waals surface area contributed by atoms with E-state index in [2.05, 4.69) is 38.3 Å². The highest BCUT2D eigenvalue weighted by Crippen LogP contribution is 2.25. The summed E-state index contributed by atoms with van der Waals surface area (Å²) in [7, 11) is 1.84.